The lowest BCUT2D eigenvalue weighted by molar-refractivity contribution is -0.129. The van der Waals surface area contributed by atoms with Gasteiger partial charge in [-0.1, -0.05) is 5.16 Å². The first-order valence-electron chi connectivity index (χ1n) is 12.7. The molecule has 0 bridgehead atoms. The van der Waals surface area contributed by atoms with Gasteiger partial charge in [0.25, 0.3) is 5.91 Å². The van der Waals surface area contributed by atoms with Gasteiger partial charge in [0.2, 0.25) is 5.91 Å². The largest absolute Gasteiger partial charge is 0.376 e. The molecule has 10 heteroatoms. The van der Waals surface area contributed by atoms with Crippen molar-refractivity contribution < 1.29 is 27.6 Å². The minimum Gasteiger partial charge on any atom is -0.376 e. The molecule has 2 aromatic rings. The highest BCUT2D eigenvalue weighted by molar-refractivity contribution is 5.94. The monoisotopic (exact) mass is 502 g/mol. The van der Waals surface area contributed by atoms with Crippen molar-refractivity contribution in [3.8, 4) is 11.3 Å². The summed E-state index contributed by atoms with van der Waals surface area (Å²) in [6.07, 6.45) is 5.00. The van der Waals surface area contributed by atoms with Crippen LogP contribution in [0.15, 0.2) is 28.8 Å². The zero-order chi connectivity index (χ0) is 25.2. The van der Waals surface area contributed by atoms with Crippen LogP contribution in [0.2, 0.25) is 0 Å². The number of benzene rings is 1. The van der Waals surface area contributed by atoms with Gasteiger partial charge in [0.15, 0.2) is 11.5 Å². The predicted octanol–water partition coefficient (Wildman–Crippen LogP) is 3.13. The normalized spacial score (nSPS) is 25.5. The number of likely N-dealkylation sites (tertiary alicyclic amines) is 1. The molecule has 36 heavy (non-hydrogen) atoms. The van der Waals surface area contributed by atoms with Crippen molar-refractivity contribution in [3.63, 3.8) is 0 Å². The first-order chi connectivity index (χ1) is 17.4. The number of rotatable bonds is 8. The molecule has 8 nitrogen and oxygen atoms in total. The molecule has 1 aliphatic carbocycles. The van der Waals surface area contributed by atoms with Crippen molar-refractivity contribution in [1.29, 1.82) is 0 Å². The Kier molecular flexibility index (Phi) is 7.34. The fraction of sp³-hybridized carbons (Fsp3) is 0.577. The zero-order valence-corrected chi connectivity index (χ0v) is 20.3. The molecule has 1 saturated carbocycles. The quantitative estimate of drug-likeness (QED) is 0.576. The Balaban J connectivity index is 1.27. The van der Waals surface area contributed by atoms with Gasteiger partial charge in [0.1, 0.15) is 11.6 Å². The van der Waals surface area contributed by atoms with E-state index in [0.29, 0.717) is 25.5 Å². The molecule has 1 aromatic carbocycles. The Morgan fingerprint density at radius 2 is 2.03 bits per heavy atom. The van der Waals surface area contributed by atoms with E-state index in [-0.39, 0.29) is 41.1 Å². The second kappa shape index (κ2) is 10.6. The van der Waals surface area contributed by atoms with Crippen LogP contribution in [0.4, 0.5) is 8.78 Å². The van der Waals surface area contributed by atoms with E-state index < -0.39 is 23.5 Å². The molecular weight excluding hydrogens is 470 g/mol. The third kappa shape index (κ3) is 5.75. The highest BCUT2D eigenvalue weighted by Gasteiger charge is 2.38. The fourth-order valence-electron chi connectivity index (χ4n) is 5.15. The molecule has 2 N–H and O–H groups in total. The van der Waals surface area contributed by atoms with Gasteiger partial charge in [-0.3, -0.25) is 9.59 Å². The van der Waals surface area contributed by atoms with E-state index in [1.54, 1.807) is 0 Å². The van der Waals surface area contributed by atoms with Gasteiger partial charge in [-0.2, -0.15) is 0 Å². The minimum absolute atomic E-state index is 0.00792. The fourth-order valence-corrected chi connectivity index (χ4v) is 5.15. The second-order valence-electron chi connectivity index (χ2n) is 10.2. The van der Waals surface area contributed by atoms with Crippen molar-refractivity contribution in [3.05, 3.63) is 41.6 Å². The number of hydrogen-bond donors (Lipinski definition) is 2. The molecule has 0 spiro atoms. The van der Waals surface area contributed by atoms with Gasteiger partial charge in [0.05, 0.1) is 23.6 Å². The number of nitrogens with one attached hydrogen (secondary N) is 2. The third-order valence-electron chi connectivity index (χ3n) is 7.40. The Morgan fingerprint density at radius 1 is 1.19 bits per heavy atom. The smallest absolute Gasteiger partial charge is 0.273 e. The molecule has 2 aliphatic heterocycles. The lowest BCUT2D eigenvalue weighted by Crippen LogP contribution is -2.57. The molecule has 5 rings (SSSR count). The van der Waals surface area contributed by atoms with Crippen LogP contribution in [0.1, 0.15) is 49.5 Å². The van der Waals surface area contributed by atoms with Crippen LogP contribution in [0.5, 0.6) is 0 Å². The zero-order valence-electron chi connectivity index (χ0n) is 20.3. The minimum atomic E-state index is -0.807. The molecule has 4 atom stereocenters. The Morgan fingerprint density at radius 3 is 2.75 bits per heavy atom. The summed E-state index contributed by atoms with van der Waals surface area (Å²) in [5.74, 6) is -1.82. The van der Waals surface area contributed by atoms with Crippen molar-refractivity contribution in [1.82, 2.24) is 20.7 Å². The SMILES string of the molecule is CC(NC(=O)[C@H]1CN(CC2CC2)CC[C@@H]1NC(=O)c1cc(-c2ccc(F)cc2F)on1)C1CCCO1. The molecule has 194 valence electrons. The number of piperidine rings is 1. The van der Waals surface area contributed by atoms with Crippen molar-refractivity contribution in [2.24, 2.45) is 11.8 Å². The van der Waals surface area contributed by atoms with Gasteiger partial charge < -0.3 is 24.8 Å². The van der Waals surface area contributed by atoms with Crippen LogP contribution in [0.3, 0.4) is 0 Å². The summed E-state index contributed by atoms with van der Waals surface area (Å²) in [5, 5.41) is 9.84. The van der Waals surface area contributed by atoms with Gasteiger partial charge >= 0.3 is 0 Å². The molecule has 2 saturated heterocycles. The van der Waals surface area contributed by atoms with Crippen LogP contribution in [0, 0.1) is 23.5 Å². The van der Waals surface area contributed by atoms with Gasteiger partial charge in [-0.15, -0.1) is 0 Å². The van der Waals surface area contributed by atoms with E-state index in [2.05, 4.69) is 20.7 Å². The lowest BCUT2D eigenvalue weighted by atomic mass is 9.90. The number of aromatic nitrogens is 1. The molecule has 2 unspecified atom stereocenters. The third-order valence-corrected chi connectivity index (χ3v) is 7.40. The number of carbonyl (C=O) groups is 2. The molecule has 2 amide bonds. The lowest BCUT2D eigenvalue weighted by Gasteiger charge is -2.38. The Bertz CT molecular complexity index is 1100. The maximum atomic E-state index is 14.1. The average Bonchev–Trinajstić information content (AvgIpc) is 3.30. The van der Waals surface area contributed by atoms with Crippen LogP contribution < -0.4 is 10.6 Å². The summed E-state index contributed by atoms with van der Waals surface area (Å²) < 4.78 is 38.2. The Labute approximate surface area is 208 Å². The number of amides is 2. The average molecular weight is 503 g/mol. The maximum Gasteiger partial charge on any atom is 0.273 e. The van der Waals surface area contributed by atoms with Crippen LogP contribution in [-0.2, 0) is 9.53 Å². The van der Waals surface area contributed by atoms with Crippen LogP contribution in [0.25, 0.3) is 11.3 Å². The van der Waals surface area contributed by atoms with Crippen LogP contribution in [-0.4, -0.2) is 66.3 Å². The summed E-state index contributed by atoms with van der Waals surface area (Å²) in [4.78, 5) is 28.7. The summed E-state index contributed by atoms with van der Waals surface area (Å²) in [5.41, 5.74) is -0.0160. The number of ether oxygens (including phenoxy) is 1. The highest BCUT2D eigenvalue weighted by atomic mass is 19.1. The Hall–Kier alpha value is -2.85. The molecule has 3 fully saturated rings. The second-order valence-corrected chi connectivity index (χ2v) is 10.2. The number of nitrogens with zero attached hydrogens (tertiary/aromatic N) is 2. The summed E-state index contributed by atoms with van der Waals surface area (Å²) in [6, 6.07) is 3.91. The molecule has 3 heterocycles. The van der Waals surface area contributed by atoms with Crippen molar-refractivity contribution in [2.75, 3.05) is 26.2 Å². The standard InChI is InChI=1S/C26H32F2N4O4/c1-15(23-3-2-10-35-23)29-25(33)19-14-32(13-16-4-5-16)9-8-21(19)30-26(34)22-12-24(36-31-22)18-7-6-17(27)11-20(18)28/h6-7,11-12,15-16,19,21,23H,2-5,8-10,13-14H2,1H3,(H,29,33)(H,30,34)/t15?,19-,21-,23?/m0/s1. The molecule has 0 radical (unpaired) electrons. The van der Waals surface area contributed by atoms with Gasteiger partial charge in [-0.25, -0.2) is 8.78 Å². The van der Waals surface area contributed by atoms with Crippen molar-refractivity contribution >= 4 is 11.8 Å². The summed E-state index contributed by atoms with van der Waals surface area (Å²) in [7, 11) is 0. The summed E-state index contributed by atoms with van der Waals surface area (Å²) in [6.45, 7) is 5.00. The van der Waals surface area contributed by atoms with Crippen molar-refractivity contribution in [2.45, 2.75) is 57.2 Å². The highest BCUT2D eigenvalue weighted by Crippen LogP contribution is 2.31. The topological polar surface area (TPSA) is 96.7 Å². The predicted molar refractivity (Wildman–Crippen MR) is 127 cm³/mol. The first kappa shape index (κ1) is 24.8. The van der Waals surface area contributed by atoms with E-state index in [4.69, 9.17) is 9.26 Å². The number of carbonyl (C=O) groups excluding carboxylic acids is 2. The summed E-state index contributed by atoms with van der Waals surface area (Å²) >= 11 is 0. The maximum absolute atomic E-state index is 14.1. The van der Waals surface area contributed by atoms with E-state index in [9.17, 15) is 18.4 Å². The molecule has 1 aromatic heterocycles. The van der Waals surface area contributed by atoms with E-state index in [1.807, 2.05) is 6.92 Å². The van der Waals surface area contributed by atoms with E-state index >= 15 is 0 Å². The first-order valence-corrected chi connectivity index (χ1v) is 12.7. The van der Waals surface area contributed by atoms with Gasteiger partial charge in [-0.05, 0) is 57.1 Å². The van der Waals surface area contributed by atoms with Crippen LogP contribution >= 0.6 is 0 Å². The van der Waals surface area contributed by atoms with E-state index in [1.165, 1.54) is 25.0 Å². The number of hydrogen-bond acceptors (Lipinski definition) is 6. The van der Waals surface area contributed by atoms with Gasteiger partial charge in [0, 0.05) is 44.4 Å². The van der Waals surface area contributed by atoms with E-state index in [0.717, 1.165) is 38.1 Å². The molecular formula is C26H32F2N4O4. The number of halogens is 2. The molecule has 3 aliphatic rings.